The summed E-state index contributed by atoms with van der Waals surface area (Å²) in [6.07, 6.45) is 0.0732. The number of hydrogen-bond acceptors (Lipinski definition) is 5. The van der Waals surface area contributed by atoms with Gasteiger partial charge in [0.05, 0.1) is 17.8 Å². The number of nitrogens with two attached hydrogens (primary N) is 1. The highest BCUT2D eigenvalue weighted by atomic mass is 32.1. The number of primary amides is 1. The Morgan fingerprint density at radius 3 is 2.80 bits per heavy atom. The van der Waals surface area contributed by atoms with E-state index in [2.05, 4.69) is 15.4 Å². The van der Waals surface area contributed by atoms with E-state index in [-0.39, 0.29) is 18.9 Å². The number of anilines is 1. The molecule has 106 valence electrons. The number of carbonyl (C=O) groups excluding carboxylic acids is 2. The number of nitrogens with zero attached hydrogens (tertiary/aromatic N) is 3. The molecule has 0 aliphatic heterocycles. The standard InChI is InChI=1S/C12H15N5O2S/c1-7-3-8(2)17(16-7)5-11(19)15-12-14-9(6-20-12)4-10(13)18/h3,6H,4-5H2,1-2H3,(H2,13,18)(H,14,15,19). The summed E-state index contributed by atoms with van der Waals surface area (Å²) in [5.74, 6) is -0.660. The molecule has 0 unspecified atom stereocenters. The molecule has 0 aromatic carbocycles. The van der Waals surface area contributed by atoms with E-state index in [1.165, 1.54) is 11.3 Å². The van der Waals surface area contributed by atoms with Gasteiger partial charge in [0.2, 0.25) is 11.8 Å². The number of hydrogen-bond donors (Lipinski definition) is 2. The van der Waals surface area contributed by atoms with Gasteiger partial charge in [-0.2, -0.15) is 5.10 Å². The van der Waals surface area contributed by atoms with Crippen LogP contribution in [0.2, 0.25) is 0 Å². The number of rotatable bonds is 5. The smallest absolute Gasteiger partial charge is 0.247 e. The lowest BCUT2D eigenvalue weighted by Crippen LogP contribution is -2.20. The molecule has 2 rings (SSSR count). The fraction of sp³-hybridized carbons (Fsp3) is 0.333. The van der Waals surface area contributed by atoms with Gasteiger partial charge >= 0.3 is 0 Å². The number of aromatic nitrogens is 3. The minimum absolute atomic E-state index is 0.0732. The Hall–Kier alpha value is -2.22. The molecule has 0 radical (unpaired) electrons. The lowest BCUT2D eigenvalue weighted by atomic mass is 10.3. The molecule has 0 saturated heterocycles. The Bertz CT molecular complexity index is 646. The minimum atomic E-state index is -0.448. The van der Waals surface area contributed by atoms with E-state index in [1.807, 2.05) is 19.9 Å². The molecule has 2 amide bonds. The molecule has 20 heavy (non-hydrogen) atoms. The summed E-state index contributed by atoms with van der Waals surface area (Å²) in [5.41, 5.74) is 7.43. The van der Waals surface area contributed by atoms with Crippen LogP contribution in [0, 0.1) is 13.8 Å². The molecule has 3 N–H and O–H groups in total. The lowest BCUT2D eigenvalue weighted by molar-refractivity contribution is -0.118. The average molecular weight is 293 g/mol. The summed E-state index contributed by atoms with van der Waals surface area (Å²) in [5, 5.41) is 9.04. The number of thiazole rings is 1. The fourth-order valence-corrected chi connectivity index (χ4v) is 2.48. The van der Waals surface area contributed by atoms with Gasteiger partial charge in [-0.3, -0.25) is 14.3 Å². The zero-order chi connectivity index (χ0) is 14.7. The van der Waals surface area contributed by atoms with E-state index >= 15 is 0 Å². The molecule has 0 fully saturated rings. The monoisotopic (exact) mass is 293 g/mol. The molecule has 2 aromatic rings. The first-order chi connectivity index (χ1) is 9.44. The second-order valence-electron chi connectivity index (χ2n) is 4.42. The average Bonchev–Trinajstić information content (AvgIpc) is 2.85. The summed E-state index contributed by atoms with van der Waals surface area (Å²) in [4.78, 5) is 26.8. The second kappa shape index (κ2) is 5.83. The van der Waals surface area contributed by atoms with Gasteiger partial charge in [-0.15, -0.1) is 11.3 Å². The largest absolute Gasteiger partial charge is 0.369 e. The van der Waals surface area contributed by atoms with Crippen LogP contribution in [0.1, 0.15) is 17.1 Å². The maximum Gasteiger partial charge on any atom is 0.247 e. The van der Waals surface area contributed by atoms with Crippen molar-refractivity contribution in [1.82, 2.24) is 14.8 Å². The van der Waals surface area contributed by atoms with E-state index in [9.17, 15) is 9.59 Å². The van der Waals surface area contributed by atoms with Crippen LogP contribution in [0.3, 0.4) is 0 Å². The first kappa shape index (κ1) is 14.2. The molecular weight excluding hydrogens is 278 g/mol. The van der Waals surface area contributed by atoms with Gasteiger partial charge in [0.15, 0.2) is 5.13 Å². The van der Waals surface area contributed by atoms with Crippen LogP contribution in [-0.4, -0.2) is 26.6 Å². The lowest BCUT2D eigenvalue weighted by Gasteiger charge is -2.04. The van der Waals surface area contributed by atoms with E-state index in [0.29, 0.717) is 10.8 Å². The third kappa shape index (κ3) is 3.64. The van der Waals surface area contributed by atoms with Crippen LogP contribution < -0.4 is 11.1 Å². The van der Waals surface area contributed by atoms with E-state index < -0.39 is 5.91 Å². The first-order valence-electron chi connectivity index (χ1n) is 5.97. The van der Waals surface area contributed by atoms with Crippen LogP contribution in [-0.2, 0) is 22.6 Å². The molecule has 2 heterocycles. The van der Waals surface area contributed by atoms with E-state index in [0.717, 1.165) is 11.4 Å². The van der Waals surface area contributed by atoms with Gasteiger partial charge in [-0.1, -0.05) is 0 Å². The van der Waals surface area contributed by atoms with Gasteiger partial charge in [0.1, 0.15) is 6.54 Å². The maximum absolute atomic E-state index is 11.9. The fourth-order valence-electron chi connectivity index (χ4n) is 1.75. The summed E-state index contributed by atoms with van der Waals surface area (Å²) in [6.45, 7) is 3.89. The normalized spacial score (nSPS) is 10.5. The molecule has 0 atom stereocenters. The zero-order valence-electron chi connectivity index (χ0n) is 11.2. The molecule has 0 aliphatic rings. The van der Waals surface area contributed by atoms with Crippen molar-refractivity contribution in [2.24, 2.45) is 5.73 Å². The number of aryl methyl sites for hydroxylation is 2. The van der Waals surface area contributed by atoms with Crippen LogP contribution in [0.25, 0.3) is 0 Å². The van der Waals surface area contributed by atoms with Gasteiger partial charge in [-0.05, 0) is 19.9 Å². The Labute approximate surface area is 119 Å². The highest BCUT2D eigenvalue weighted by Crippen LogP contribution is 2.15. The van der Waals surface area contributed by atoms with E-state index in [4.69, 9.17) is 5.73 Å². The van der Waals surface area contributed by atoms with Crippen molar-refractivity contribution in [2.75, 3.05) is 5.32 Å². The Morgan fingerprint density at radius 1 is 1.45 bits per heavy atom. The van der Waals surface area contributed by atoms with Crippen LogP contribution in [0.15, 0.2) is 11.4 Å². The highest BCUT2D eigenvalue weighted by molar-refractivity contribution is 7.13. The van der Waals surface area contributed by atoms with Crippen LogP contribution >= 0.6 is 11.3 Å². The highest BCUT2D eigenvalue weighted by Gasteiger charge is 2.10. The predicted octanol–water partition coefficient (Wildman–Crippen LogP) is 0.623. The second-order valence-corrected chi connectivity index (χ2v) is 5.28. The third-order valence-corrected chi connectivity index (χ3v) is 3.36. The molecule has 7 nitrogen and oxygen atoms in total. The quantitative estimate of drug-likeness (QED) is 0.843. The van der Waals surface area contributed by atoms with Crippen molar-refractivity contribution in [3.05, 3.63) is 28.5 Å². The molecule has 0 spiro atoms. The van der Waals surface area contributed by atoms with Crippen LogP contribution in [0.4, 0.5) is 5.13 Å². The van der Waals surface area contributed by atoms with Crippen molar-refractivity contribution in [1.29, 1.82) is 0 Å². The SMILES string of the molecule is Cc1cc(C)n(CC(=O)Nc2nc(CC(N)=O)cs2)n1. The number of nitrogens with one attached hydrogen (secondary N) is 1. The van der Waals surface area contributed by atoms with Crippen molar-refractivity contribution < 1.29 is 9.59 Å². The summed E-state index contributed by atoms with van der Waals surface area (Å²) >= 11 is 1.26. The molecule has 0 bridgehead atoms. The molecule has 0 aliphatic carbocycles. The third-order valence-electron chi connectivity index (χ3n) is 2.55. The molecule has 0 saturated carbocycles. The van der Waals surface area contributed by atoms with Crippen molar-refractivity contribution in [3.8, 4) is 0 Å². The van der Waals surface area contributed by atoms with Gasteiger partial charge in [0.25, 0.3) is 0 Å². The zero-order valence-corrected chi connectivity index (χ0v) is 12.0. The maximum atomic E-state index is 11.9. The van der Waals surface area contributed by atoms with Gasteiger partial charge < -0.3 is 11.1 Å². The number of carbonyl (C=O) groups is 2. The Balaban J connectivity index is 1.96. The van der Waals surface area contributed by atoms with Crippen molar-refractivity contribution in [2.45, 2.75) is 26.8 Å². The molecular formula is C12H15N5O2S. The van der Waals surface area contributed by atoms with Gasteiger partial charge in [-0.25, -0.2) is 4.98 Å². The Morgan fingerprint density at radius 2 is 2.20 bits per heavy atom. The summed E-state index contributed by atoms with van der Waals surface area (Å²) in [6, 6.07) is 1.90. The Kier molecular flexibility index (Phi) is 4.14. The first-order valence-corrected chi connectivity index (χ1v) is 6.85. The minimum Gasteiger partial charge on any atom is -0.369 e. The number of amides is 2. The molecule has 2 aromatic heterocycles. The summed E-state index contributed by atoms with van der Waals surface area (Å²) < 4.78 is 1.63. The van der Waals surface area contributed by atoms with Crippen molar-refractivity contribution >= 4 is 28.3 Å². The topological polar surface area (TPSA) is 103 Å². The van der Waals surface area contributed by atoms with Gasteiger partial charge in [0, 0.05) is 11.1 Å². The van der Waals surface area contributed by atoms with Crippen molar-refractivity contribution in [3.63, 3.8) is 0 Å². The van der Waals surface area contributed by atoms with E-state index in [1.54, 1.807) is 10.1 Å². The summed E-state index contributed by atoms with van der Waals surface area (Å²) in [7, 11) is 0. The predicted molar refractivity (Wildman–Crippen MR) is 75.3 cm³/mol. The molecule has 8 heteroatoms. The van der Waals surface area contributed by atoms with Crippen LogP contribution in [0.5, 0.6) is 0 Å².